The molecule has 10 nitrogen and oxygen atoms in total. The van der Waals surface area contributed by atoms with Gasteiger partial charge in [0.25, 0.3) is 17.7 Å². The van der Waals surface area contributed by atoms with E-state index in [2.05, 4.69) is 21.3 Å². The molecule has 1 aromatic heterocycles. The lowest BCUT2D eigenvalue weighted by Gasteiger charge is -2.15. The number of amides is 4. The van der Waals surface area contributed by atoms with E-state index in [4.69, 9.17) is 0 Å². The maximum absolute atomic E-state index is 12.2. The van der Waals surface area contributed by atoms with Gasteiger partial charge >= 0.3 is 0 Å². The Bertz CT molecular complexity index is 966. The molecule has 0 spiro atoms. The second kappa shape index (κ2) is 9.21. The zero-order valence-electron chi connectivity index (χ0n) is 16.9. The van der Waals surface area contributed by atoms with Crippen molar-refractivity contribution in [3.8, 4) is 0 Å². The van der Waals surface area contributed by atoms with Crippen molar-refractivity contribution in [3.05, 3.63) is 47.3 Å². The lowest BCUT2D eigenvalue weighted by molar-refractivity contribution is -0.128. The largest absolute Gasteiger partial charge is 0.343 e. The Morgan fingerprint density at radius 3 is 2.37 bits per heavy atom. The molecule has 0 atom stereocenters. The van der Waals surface area contributed by atoms with Crippen molar-refractivity contribution in [2.24, 2.45) is 0 Å². The molecule has 2 aromatic rings. The van der Waals surface area contributed by atoms with Crippen molar-refractivity contribution in [2.75, 3.05) is 18.0 Å². The molecule has 0 unspecified atom stereocenters. The van der Waals surface area contributed by atoms with Gasteiger partial charge in [-0.2, -0.15) is 5.10 Å². The molecule has 1 aromatic carbocycles. The predicted molar refractivity (Wildman–Crippen MR) is 108 cm³/mol. The van der Waals surface area contributed by atoms with Gasteiger partial charge < -0.3 is 10.2 Å². The van der Waals surface area contributed by atoms with Gasteiger partial charge in [-0.25, -0.2) is 0 Å². The zero-order chi connectivity index (χ0) is 21.7. The molecule has 158 valence electrons. The molecular formula is C20H24N6O4. The minimum Gasteiger partial charge on any atom is -0.343 e. The minimum absolute atomic E-state index is 0.0296. The van der Waals surface area contributed by atoms with Crippen molar-refractivity contribution < 1.29 is 19.2 Å². The van der Waals surface area contributed by atoms with Crippen LogP contribution >= 0.6 is 0 Å². The summed E-state index contributed by atoms with van der Waals surface area (Å²) in [4.78, 5) is 49.4. The summed E-state index contributed by atoms with van der Waals surface area (Å²) < 4.78 is 1.53. The van der Waals surface area contributed by atoms with Gasteiger partial charge in [-0.15, -0.1) is 0 Å². The summed E-state index contributed by atoms with van der Waals surface area (Å²) in [6, 6.07) is 8.46. The first-order chi connectivity index (χ1) is 14.3. The summed E-state index contributed by atoms with van der Waals surface area (Å²) in [5.74, 6) is -1.36. The molecule has 1 aliphatic rings. The van der Waals surface area contributed by atoms with Crippen LogP contribution in [0.4, 0.5) is 5.69 Å². The van der Waals surface area contributed by atoms with E-state index in [1.54, 1.807) is 29.2 Å². The van der Waals surface area contributed by atoms with Crippen LogP contribution < -0.4 is 21.1 Å². The molecule has 1 saturated heterocycles. The Kier molecular flexibility index (Phi) is 6.45. The molecule has 10 heteroatoms. The monoisotopic (exact) mass is 412 g/mol. The van der Waals surface area contributed by atoms with Gasteiger partial charge in [0, 0.05) is 29.9 Å². The van der Waals surface area contributed by atoms with Crippen molar-refractivity contribution in [1.29, 1.82) is 0 Å². The summed E-state index contributed by atoms with van der Waals surface area (Å²) in [6.07, 6.45) is 1.36. The number of hydrazine groups is 1. The molecule has 3 N–H and O–H groups in total. The normalized spacial score (nSPS) is 13.3. The Balaban J connectivity index is 1.41. The standard InChI is InChI=1S/C20H24N6O4/c1-13-10-14(2)26(24-13)12-18(28)23-22-17(27)11-21-20(30)15-5-7-16(8-6-15)25-9-3-4-19(25)29/h5-8,10H,3-4,9,11-12H2,1-2H3,(H,21,30)(H,22,27)(H,23,28). The van der Waals surface area contributed by atoms with E-state index < -0.39 is 17.7 Å². The molecule has 3 rings (SSSR count). The molecule has 0 saturated carbocycles. The summed E-state index contributed by atoms with van der Waals surface area (Å²) in [5.41, 5.74) is 7.28. The first kappa shape index (κ1) is 21.0. The van der Waals surface area contributed by atoms with Gasteiger partial charge in [-0.1, -0.05) is 0 Å². The third kappa shape index (κ3) is 5.22. The van der Waals surface area contributed by atoms with E-state index in [9.17, 15) is 19.2 Å². The number of carbonyl (C=O) groups is 4. The fraction of sp³-hybridized carbons (Fsp3) is 0.350. The lowest BCUT2D eigenvalue weighted by atomic mass is 10.2. The Labute approximate surface area is 173 Å². The summed E-state index contributed by atoms with van der Waals surface area (Å²) in [5, 5.41) is 6.65. The van der Waals surface area contributed by atoms with Crippen LogP contribution in [0.15, 0.2) is 30.3 Å². The zero-order valence-corrected chi connectivity index (χ0v) is 16.9. The number of nitrogens with zero attached hydrogens (tertiary/aromatic N) is 3. The maximum Gasteiger partial charge on any atom is 0.260 e. The lowest BCUT2D eigenvalue weighted by Crippen LogP contribution is -2.47. The predicted octanol–water partition coefficient (Wildman–Crippen LogP) is 0.204. The Morgan fingerprint density at radius 2 is 1.77 bits per heavy atom. The second-order valence-corrected chi connectivity index (χ2v) is 7.06. The average molecular weight is 412 g/mol. The van der Waals surface area contributed by atoms with E-state index in [0.29, 0.717) is 18.5 Å². The van der Waals surface area contributed by atoms with Crippen LogP contribution in [0.2, 0.25) is 0 Å². The molecule has 1 aliphatic heterocycles. The number of nitrogens with one attached hydrogen (secondary N) is 3. The quantitative estimate of drug-likeness (QED) is 0.585. The van der Waals surface area contributed by atoms with Crippen LogP contribution in [0.25, 0.3) is 0 Å². The molecule has 1 fully saturated rings. The highest BCUT2D eigenvalue weighted by Crippen LogP contribution is 2.21. The van der Waals surface area contributed by atoms with Crippen LogP contribution in [0.1, 0.15) is 34.6 Å². The van der Waals surface area contributed by atoms with Gasteiger partial charge in [0.2, 0.25) is 5.91 Å². The van der Waals surface area contributed by atoms with Crippen LogP contribution in [-0.2, 0) is 20.9 Å². The molecule has 2 heterocycles. The first-order valence-corrected chi connectivity index (χ1v) is 9.61. The van der Waals surface area contributed by atoms with Crippen molar-refractivity contribution in [3.63, 3.8) is 0 Å². The van der Waals surface area contributed by atoms with Crippen molar-refractivity contribution >= 4 is 29.3 Å². The van der Waals surface area contributed by atoms with Gasteiger partial charge in [0.1, 0.15) is 6.54 Å². The number of aryl methyl sites for hydroxylation is 2. The van der Waals surface area contributed by atoms with Crippen molar-refractivity contribution in [1.82, 2.24) is 25.9 Å². The molecule has 0 radical (unpaired) electrons. The van der Waals surface area contributed by atoms with Gasteiger partial charge in [0.05, 0.1) is 12.2 Å². The molecule has 0 bridgehead atoms. The van der Waals surface area contributed by atoms with Crippen LogP contribution in [0.5, 0.6) is 0 Å². The second-order valence-electron chi connectivity index (χ2n) is 7.06. The van der Waals surface area contributed by atoms with E-state index in [0.717, 1.165) is 23.5 Å². The number of benzene rings is 1. The number of rotatable bonds is 6. The van der Waals surface area contributed by atoms with E-state index >= 15 is 0 Å². The van der Waals surface area contributed by atoms with E-state index in [1.807, 2.05) is 19.9 Å². The number of hydrogen-bond donors (Lipinski definition) is 3. The summed E-state index contributed by atoms with van der Waals surface area (Å²) in [6.45, 7) is 4.00. The fourth-order valence-electron chi connectivity index (χ4n) is 3.17. The van der Waals surface area contributed by atoms with E-state index in [-0.39, 0.29) is 19.0 Å². The van der Waals surface area contributed by atoms with Gasteiger partial charge in [-0.05, 0) is 50.6 Å². The number of hydrogen-bond acceptors (Lipinski definition) is 5. The van der Waals surface area contributed by atoms with Crippen molar-refractivity contribution in [2.45, 2.75) is 33.2 Å². The molecule has 0 aliphatic carbocycles. The summed E-state index contributed by atoms with van der Waals surface area (Å²) >= 11 is 0. The molecule has 30 heavy (non-hydrogen) atoms. The van der Waals surface area contributed by atoms with Crippen LogP contribution in [-0.4, -0.2) is 46.5 Å². The maximum atomic E-state index is 12.2. The van der Waals surface area contributed by atoms with Gasteiger partial charge in [-0.3, -0.25) is 34.7 Å². The summed E-state index contributed by atoms with van der Waals surface area (Å²) in [7, 11) is 0. The van der Waals surface area contributed by atoms with Gasteiger partial charge in [0.15, 0.2) is 0 Å². The SMILES string of the molecule is Cc1cc(C)n(CC(=O)NNC(=O)CNC(=O)c2ccc(N3CCCC3=O)cc2)n1. The molecule has 4 amide bonds. The number of aromatic nitrogens is 2. The smallest absolute Gasteiger partial charge is 0.260 e. The van der Waals surface area contributed by atoms with Crippen LogP contribution in [0, 0.1) is 13.8 Å². The molecular weight excluding hydrogens is 388 g/mol. The average Bonchev–Trinajstić information content (AvgIpc) is 3.29. The number of anilines is 1. The van der Waals surface area contributed by atoms with Crippen LogP contribution in [0.3, 0.4) is 0 Å². The number of carbonyl (C=O) groups excluding carboxylic acids is 4. The highest BCUT2D eigenvalue weighted by molar-refractivity contribution is 5.98. The topological polar surface area (TPSA) is 125 Å². The Hall–Kier alpha value is -3.69. The Morgan fingerprint density at radius 1 is 1.07 bits per heavy atom. The highest BCUT2D eigenvalue weighted by atomic mass is 16.2. The first-order valence-electron chi connectivity index (χ1n) is 9.61. The fourth-order valence-corrected chi connectivity index (χ4v) is 3.17. The highest BCUT2D eigenvalue weighted by Gasteiger charge is 2.21. The van der Waals surface area contributed by atoms with E-state index in [1.165, 1.54) is 4.68 Å². The third-order valence-electron chi connectivity index (χ3n) is 4.66. The minimum atomic E-state index is -0.565. The third-order valence-corrected chi connectivity index (χ3v) is 4.66.